The fraction of sp³-hybridized carbons (Fsp3) is 0.385. The summed E-state index contributed by atoms with van der Waals surface area (Å²) >= 11 is 5.65. The van der Waals surface area contributed by atoms with Crippen molar-refractivity contribution in [1.82, 2.24) is 9.97 Å². The lowest BCUT2D eigenvalue weighted by molar-refractivity contribution is -0.146. The molecule has 1 amide bonds. The van der Waals surface area contributed by atoms with E-state index in [0.717, 1.165) is 6.42 Å². The van der Waals surface area contributed by atoms with Crippen LogP contribution in [0.2, 0.25) is 5.28 Å². The highest BCUT2D eigenvalue weighted by atomic mass is 35.5. The number of aromatic nitrogens is 2. The van der Waals surface area contributed by atoms with Crippen LogP contribution in [0.5, 0.6) is 0 Å². The zero-order valence-electron chi connectivity index (χ0n) is 10.4. The summed E-state index contributed by atoms with van der Waals surface area (Å²) in [6.07, 6.45) is 5.98. The lowest BCUT2D eigenvalue weighted by atomic mass is 9.82. The first-order chi connectivity index (χ1) is 9.56. The molecule has 2 bridgehead atoms. The second-order valence-electron chi connectivity index (χ2n) is 5.04. The van der Waals surface area contributed by atoms with Gasteiger partial charge in [-0.2, -0.15) is 0 Å². The summed E-state index contributed by atoms with van der Waals surface area (Å²) in [5.74, 6) is -2.27. The molecule has 0 spiro atoms. The molecule has 1 heterocycles. The van der Waals surface area contributed by atoms with Gasteiger partial charge in [0.1, 0.15) is 5.82 Å². The molecule has 2 aliphatic carbocycles. The van der Waals surface area contributed by atoms with Gasteiger partial charge in [-0.15, -0.1) is 0 Å². The van der Waals surface area contributed by atoms with Crippen molar-refractivity contribution in [3.8, 4) is 0 Å². The number of nitrogens with one attached hydrogen (secondary N) is 1. The predicted octanol–water partition coefficient (Wildman–Crippen LogP) is 1.59. The molecule has 4 unspecified atom stereocenters. The number of halogens is 1. The van der Waals surface area contributed by atoms with Crippen molar-refractivity contribution in [1.29, 1.82) is 0 Å². The SMILES string of the molecule is O=C(O)C1C2C=CC(C2)C1C(=O)Nc1ccnc(Cl)n1. The minimum Gasteiger partial charge on any atom is -0.481 e. The van der Waals surface area contributed by atoms with Crippen molar-refractivity contribution in [2.45, 2.75) is 6.42 Å². The van der Waals surface area contributed by atoms with Crippen molar-refractivity contribution < 1.29 is 14.7 Å². The lowest BCUT2D eigenvalue weighted by Gasteiger charge is -2.23. The lowest BCUT2D eigenvalue weighted by Crippen LogP contribution is -2.36. The maximum atomic E-state index is 12.3. The molecule has 2 N–H and O–H groups in total. The number of nitrogens with zero attached hydrogens (tertiary/aromatic N) is 2. The van der Waals surface area contributed by atoms with Gasteiger partial charge in [0.25, 0.3) is 0 Å². The van der Waals surface area contributed by atoms with Gasteiger partial charge in [0, 0.05) is 6.20 Å². The Morgan fingerprint density at radius 3 is 2.65 bits per heavy atom. The molecule has 1 fully saturated rings. The second kappa shape index (κ2) is 4.86. The average molecular weight is 294 g/mol. The maximum absolute atomic E-state index is 12.3. The summed E-state index contributed by atoms with van der Waals surface area (Å²) < 4.78 is 0. The molecular weight excluding hydrogens is 282 g/mol. The van der Waals surface area contributed by atoms with Gasteiger partial charge in [0.05, 0.1) is 11.8 Å². The first kappa shape index (κ1) is 13.1. The highest BCUT2D eigenvalue weighted by molar-refractivity contribution is 6.28. The van der Waals surface area contributed by atoms with E-state index in [-0.39, 0.29) is 28.8 Å². The van der Waals surface area contributed by atoms with Gasteiger partial charge >= 0.3 is 5.97 Å². The number of hydrogen-bond donors (Lipinski definition) is 2. The standard InChI is InChI=1S/C13H12ClN3O3/c14-13-15-4-3-8(17-13)16-11(18)9-6-1-2-7(5-6)10(9)12(19)20/h1-4,6-7,9-10H,5H2,(H,19,20)(H,15,16,17,18). The number of anilines is 1. The van der Waals surface area contributed by atoms with E-state index in [1.54, 1.807) is 0 Å². The molecule has 0 aromatic carbocycles. The van der Waals surface area contributed by atoms with Crippen LogP contribution in [-0.2, 0) is 9.59 Å². The number of fused-ring (bicyclic) bond motifs is 2. The Morgan fingerprint density at radius 2 is 2.00 bits per heavy atom. The van der Waals surface area contributed by atoms with E-state index in [9.17, 15) is 14.7 Å². The normalized spacial score (nSPS) is 30.4. The van der Waals surface area contributed by atoms with E-state index >= 15 is 0 Å². The number of hydrogen-bond acceptors (Lipinski definition) is 4. The summed E-state index contributed by atoms with van der Waals surface area (Å²) in [4.78, 5) is 31.3. The van der Waals surface area contributed by atoms with E-state index in [1.165, 1.54) is 12.3 Å². The van der Waals surface area contributed by atoms with Crippen LogP contribution in [0.15, 0.2) is 24.4 Å². The van der Waals surface area contributed by atoms with Crippen LogP contribution in [0, 0.1) is 23.7 Å². The largest absolute Gasteiger partial charge is 0.481 e. The highest BCUT2D eigenvalue weighted by Gasteiger charge is 2.51. The van der Waals surface area contributed by atoms with Gasteiger partial charge in [-0.05, 0) is 35.9 Å². The molecule has 104 valence electrons. The zero-order chi connectivity index (χ0) is 14.3. The minimum atomic E-state index is -0.928. The van der Waals surface area contributed by atoms with Crippen molar-refractivity contribution in [2.24, 2.45) is 23.7 Å². The van der Waals surface area contributed by atoms with E-state index in [1.807, 2.05) is 12.2 Å². The molecule has 3 rings (SSSR count). The Bertz CT molecular complexity index is 604. The topological polar surface area (TPSA) is 92.2 Å². The van der Waals surface area contributed by atoms with Gasteiger partial charge in [-0.1, -0.05) is 12.2 Å². The minimum absolute atomic E-state index is 0.0154. The summed E-state index contributed by atoms with van der Waals surface area (Å²) in [6, 6.07) is 1.52. The molecule has 1 saturated carbocycles. The highest BCUT2D eigenvalue weighted by Crippen LogP contribution is 2.48. The van der Waals surface area contributed by atoms with Gasteiger partial charge in [0.15, 0.2) is 0 Å². The number of carbonyl (C=O) groups is 2. The van der Waals surface area contributed by atoms with Gasteiger partial charge < -0.3 is 10.4 Å². The summed E-state index contributed by atoms with van der Waals surface area (Å²) in [5.41, 5.74) is 0. The molecule has 0 saturated heterocycles. The average Bonchev–Trinajstić information content (AvgIpc) is 2.98. The first-order valence-electron chi connectivity index (χ1n) is 6.27. The Balaban J connectivity index is 1.80. The van der Waals surface area contributed by atoms with E-state index in [2.05, 4.69) is 15.3 Å². The third-order valence-corrected chi connectivity index (χ3v) is 4.11. The third kappa shape index (κ3) is 2.16. The number of carboxylic acids is 1. The van der Waals surface area contributed by atoms with Crippen molar-refractivity contribution >= 4 is 29.3 Å². The molecule has 2 aliphatic rings. The summed E-state index contributed by atoms with van der Waals surface area (Å²) in [6.45, 7) is 0. The van der Waals surface area contributed by atoms with E-state index in [0.29, 0.717) is 0 Å². The molecule has 6 nitrogen and oxygen atoms in total. The van der Waals surface area contributed by atoms with E-state index < -0.39 is 17.8 Å². The zero-order valence-corrected chi connectivity index (χ0v) is 11.1. The van der Waals surface area contributed by atoms with Crippen LogP contribution in [0.25, 0.3) is 0 Å². The van der Waals surface area contributed by atoms with Gasteiger partial charge in [0.2, 0.25) is 11.2 Å². The van der Waals surface area contributed by atoms with Crippen LogP contribution in [0.1, 0.15) is 6.42 Å². The van der Waals surface area contributed by atoms with Crippen LogP contribution in [-0.4, -0.2) is 27.0 Å². The molecule has 4 atom stereocenters. The summed E-state index contributed by atoms with van der Waals surface area (Å²) in [7, 11) is 0. The Morgan fingerprint density at radius 1 is 1.30 bits per heavy atom. The number of carbonyl (C=O) groups excluding carboxylic acids is 1. The fourth-order valence-electron chi connectivity index (χ4n) is 3.13. The quantitative estimate of drug-likeness (QED) is 0.652. The van der Waals surface area contributed by atoms with Crippen molar-refractivity contribution in [3.05, 3.63) is 29.7 Å². The Hall–Kier alpha value is -1.95. The van der Waals surface area contributed by atoms with E-state index in [4.69, 9.17) is 11.6 Å². The number of allylic oxidation sites excluding steroid dienone is 2. The Kier molecular flexibility index (Phi) is 3.17. The molecular formula is C13H12ClN3O3. The molecule has 1 aromatic rings. The predicted molar refractivity (Wildman–Crippen MR) is 71.0 cm³/mol. The Labute approximate surface area is 119 Å². The number of aliphatic carboxylic acids is 1. The molecule has 7 heteroatoms. The summed E-state index contributed by atoms with van der Waals surface area (Å²) in [5, 5.41) is 12.0. The fourth-order valence-corrected chi connectivity index (χ4v) is 3.28. The van der Waals surface area contributed by atoms with Crippen LogP contribution < -0.4 is 5.32 Å². The first-order valence-corrected chi connectivity index (χ1v) is 6.64. The maximum Gasteiger partial charge on any atom is 0.307 e. The molecule has 0 radical (unpaired) electrons. The molecule has 20 heavy (non-hydrogen) atoms. The number of amides is 1. The van der Waals surface area contributed by atoms with Crippen LogP contribution >= 0.6 is 11.6 Å². The smallest absolute Gasteiger partial charge is 0.307 e. The third-order valence-electron chi connectivity index (χ3n) is 3.92. The second-order valence-corrected chi connectivity index (χ2v) is 5.38. The number of rotatable bonds is 3. The molecule has 0 aliphatic heterocycles. The number of carboxylic acid groups (broad SMARTS) is 1. The van der Waals surface area contributed by atoms with Gasteiger partial charge in [-0.3, -0.25) is 9.59 Å². The van der Waals surface area contributed by atoms with Gasteiger partial charge in [-0.25, -0.2) is 9.97 Å². The van der Waals surface area contributed by atoms with Crippen molar-refractivity contribution in [2.75, 3.05) is 5.32 Å². The van der Waals surface area contributed by atoms with Crippen LogP contribution in [0.4, 0.5) is 5.82 Å². The molecule has 1 aromatic heterocycles. The monoisotopic (exact) mass is 293 g/mol. The van der Waals surface area contributed by atoms with Crippen molar-refractivity contribution in [3.63, 3.8) is 0 Å². The van der Waals surface area contributed by atoms with Crippen LogP contribution in [0.3, 0.4) is 0 Å².